The quantitative estimate of drug-likeness (QED) is 0.775. The normalized spacial score (nSPS) is 10.1. The van der Waals surface area contributed by atoms with Crippen LogP contribution in [0.25, 0.3) is 0 Å². The van der Waals surface area contributed by atoms with Gasteiger partial charge >= 0.3 is 0 Å². The molecule has 0 atom stereocenters. The molecule has 1 rings (SSSR count). The standard InChI is InChI=1S/C13H18ClN3O2/c1-17(2)13(19)6-7-15-9-12(18)16-11-5-3-4-10(14)8-11/h3-5,8,15H,6-7,9H2,1-2H3,(H,16,18). The molecule has 19 heavy (non-hydrogen) atoms. The van der Waals surface area contributed by atoms with Crippen LogP contribution in [0.3, 0.4) is 0 Å². The zero-order valence-corrected chi connectivity index (χ0v) is 11.8. The molecule has 0 aliphatic carbocycles. The molecule has 0 aromatic heterocycles. The van der Waals surface area contributed by atoms with Crippen molar-refractivity contribution >= 4 is 29.1 Å². The van der Waals surface area contributed by atoms with Crippen molar-refractivity contribution in [2.24, 2.45) is 0 Å². The van der Waals surface area contributed by atoms with Gasteiger partial charge in [-0.2, -0.15) is 0 Å². The second-order valence-corrected chi connectivity index (χ2v) is 4.71. The highest BCUT2D eigenvalue weighted by molar-refractivity contribution is 6.30. The van der Waals surface area contributed by atoms with E-state index in [0.717, 1.165) is 0 Å². The van der Waals surface area contributed by atoms with Crippen LogP contribution in [0.4, 0.5) is 5.69 Å². The Morgan fingerprint density at radius 3 is 2.68 bits per heavy atom. The van der Waals surface area contributed by atoms with E-state index in [1.807, 2.05) is 0 Å². The van der Waals surface area contributed by atoms with Gasteiger partial charge in [0.05, 0.1) is 6.54 Å². The van der Waals surface area contributed by atoms with Crippen molar-refractivity contribution in [2.45, 2.75) is 6.42 Å². The van der Waals surface area contributed by atoms with Crippen molar-refractivity contribution in [3.8, 4) is 0 Å². The Bertz CT molecular complexity index is 449. The average Bonchev–Trinajstić information content (AvgIpc) is 2.34. The summed E-state index contributed by atoms with van der Waals surface area (Å²) in [6.45, 7) is 0.632. The summed E-state index contributed by atoms with van der Waals surface area (Å²) in [5.41, 5.74) is 0.656. The van der Waals surface area contributed by atoms with Gasteiger partial charge < -0.3 is 15.5 Å². The van der Waals surface area contributed by atoms with Crippen LogP contribution in [0, 0.1) is 0 Å². The van der Waals surface area contributed by atoms with Gasteiger partial charge in [0, 0.05) is 37.8 Å². The molecule has 104 valence electrons. The summed E-state index contributed by atoms with van der Waals surface area (Å²) in [6.07, 6.45) is 0.372. The van der Waals surface area contributed by atoms with Crippen LogP contribution in [-0.4, -0.2) is 43.9 Å². The summed E-state index contributed by atoms with van der Waals surface area (Å²) >= 11 is 5.81. The maximum absolute atomic E-state index is 11.6. The minimum Gasteiger partial charge on any atom is -0.349 e. The summed E-state index contributed by atoms with van der Waals surface area (Å²) in [5.74, 6) is -0.137. The molecule has 2 N–H and O–H groups in total. The van der Waals surface area contributed by atoms with E-state index in [1.54, 1.807) is 38.4 Å². The van der Waals surface area contributed by atoms with Gasteiger partial charge in [0.2, 0.25) is 11.8 Å². The summed E-state index contributed by atoms with van der Waals surface area (Å²) in [4.78, 5) is 24.4. The number of hydrogen-bond donors (Lipinski definition) is 2. The maximum atomic E-state index is 11.6. The van der Waals surface area contributed by atoms with Crippen LogP contribution in [0.5, 0.6) is 0 Å². The van der Waals surface area contributed by atoms with Crippen molar-refractivity contribution in [1.29, 1.82) is 0 Å². The Morgan fingerprint density at radius 1 is 1.32 bits per heavy atom. The Hall–Kier alpha value is -1.59. The first kappa shape index (κ1) is 15.5. The molecule has 0 fully saturated rings. The Balaban J connectivity index is 2.23. The maximum Gasteiger partial charge on any atom is 0.238 e. The predicted molar refractivity (Wildman–Crippen MR) is 76.3 cm³/mol. The van der Waals surface area contributed by atoms with E-state index in [4.69, 9.17) is 11.6 Å². The highest BCUT2D eigenvalue weighted by Crippen LogP contribution is 2.14. The minimum absolute atomic E-state index is 0.0303. The Labute approximate surface area is 117 Å². The van der Waals surface area contributed by atoms with E-state index < -0.39 is 0 Å². The van der Waals surface area contributed by atoms with E-state index >= 15 is 0 Å². The first-order valence-corrected chi connectivity index (χ1v) is 6.33. The first-order valence-electron chi connectivity index (χ1n) is 5.95. The van der Waals surface area contributed by atoms with E-state index in [2.05, 4.69) is 10.6 Å². The molecule has 5 nitrogen and oxygen atoms in total. The summed E-state index contributed by atoms with van der Waals surface area (Å²) < 4.78 is 0. The van der Waals surface area contributed by atoms with E-state index in [-0.39, 0.29) is 18.4 Å². The highest BCUT2D eigenvalue weighted by Gasteiger charge is 2.05. The van der Waals surface area contributed by atoms with E-state index in [0.29, 0.717) is 23.7 Å². The van der Waals surface area contributed by atoms with Gasteiger partial charge in [-0.15, -0.1) is 0 Å². The Kier molecular flexibility index (Phi) is 6.32. The lowest BCUT2D eigenvalue weighted by Gasteiger charge is -2.10. The van der Waals surface area contributed by atoms with Gasteiger partial charge in [0.1, 0.15) is 0 Å². The van der Waals surface area contributed by atoms with Gasteiger partial charge in [-0.3, -0.25) is 9.59 Å². The third kappa shape index (κ3) is 6.22. The number of amides is 2. The zero-order valence-electron chi connectivity index (χ0n) is 11.1. The topological polar surface area (TPSA) is 61.4 Å². The SMILES string of the molecule is CN(C)C(=O)CCNCC(=O)Nc1cccc(Cl)c1. The number of benzene rings is 1. The van der Waals surface area contributed by atoms with Crippen LogP contribution in [0.15, 0.2) is 24.3 Å². The molecule has 0 unspecified atom stereocenters. The summed E-state index contributed by atoms with van der Waals surface area (Å²) in [5, 5.41) is 6.20. The molecule has 0 heterocycles. The van der Waals surface area contributed by atoms with Gasteiger partial charge in [0.15, 0.2) is 0 Å². The van der Waals surface area contributed by atoms with E-state index in [9.17, 15) is 9.59 Å². The van der Waals surface area contributed by atoms with Gasteiger partial charge in [-0.1, -0.05) is 17.7 Å². The van der Waals surface area contributed by atoms with Crippen molar-refractivity contribution in [1.82, 2.24) is 10.2 Å². The molecule has 0 bridgehead atoms. The molecular formula is C13H18ClN3O2. The van der Waals surface area contributed by atoms with Crippen LogP contribution in [0.1, 0.15) is 6.42 Å². The average molecular weight is 284 g/mol. The molecule has 0 spiro atoms. The van der Waals surface area contributed by atoms with Crippen molar-refractivity contribution in [2.75, 3.05) is 32.5 Å². The number of rotatable bonds is 6. The molecular weight excluding hydrogens is 266 g/mol. The van der Waals surface area contributed by atoms with E-state index in [1.165, 1.54) is 4.90 Å². The number of carbonyl (C=O) groups is 2. The van der Waals surface area contributed by atoms with Crippen LogP contribution >= 0.6 is 11.6 Å². The fourth-order valence-corrected chi connectivity index (χ4v) is 1.58. The molecule has 0 saturated carbocycles. The lowest BCUT2D eigenvalue weighted by Crippen LogP contribution is -2.31. The van der Waals surface area contributed by atoms with Crippen LogP contribution in [-0.2, 0) is 9.59 Å². The van der Waals surface area contributed by atoms with Crippen molar-refractivity contribution < 1.29 is 9.59 Å². The molecule has 0 aliphatic heterocycles. The predicted octanol–water partition coefficient (Wildman–Crippen LogP) is 1.35. The number of nitrogens with zero attached hydrogens (tertiary/aromatic N) is 1. The molecule has 6 heteroatoms. The molecule has 0 saturated heterocycles. The lowest BCUT2D eigenvalue weighted by atomic mass is 10.3. The van der Waals surface area contributed by atoms with Gasteiger partial charge in [-0.25, -0.2) is 0 Å². The van der Waals surface area contributed by atoms with Crippen molar-refractivity contribution in [3.05, 3.63) is 29.3 Å². The highest BCUT2D eigenvalue weighted by atomic mass is 35.5. The smallest absolute Gasteiger partial charge is 0.238 e. The molecule has 2 amide bonds. The lowest BCUT2D eigenvalue weighted by molar-refractivity contribution is -0.128. The Morgan fingerprint density at radius 2 is 2.05 bits per heavy atom. The van der Waals surface area contributed by atoms with Crippen LogP contribution in [0.2, 0.25) is 5.02 Å². The fraction of sp³-hybridized carbons (Fsp3) is 0.385. The molecule has 1 aromatic rings. The van der Waals surface area contributed by atoms with Gasteiger partial charge in [-0.05, 0) is 18.2 Å². The third-order valence-electron chi connectivity index (χ3n) is 2.41. The number of hydrogen-bond acceptors (Lipinski definition) is 3. The second-order valence-electron chi connectivity index (χ2n) is 4.27. The second kappa shape index (κ2) is 7.76. The molecule has 1 aromatic carbocycles. The fourth-order valence-electron chi connectivity index (χ4n) is 1.39. The number of anilines is 1. The molecule has 0 aliphatic rings. The number of halogens is 1. The number of carbonyl (C=O) groups excluding carboxylic acids is 2. The summed E-state index contributed by atoms with van der Waals surface area (Å²) in [6, 6.07) is 6.94. The van der Waals surface area contributed by atoms with Crippen molar-refractivity contribution in [3.63, 3.8) is 0 Å². The largest absolute Gasteiger partial charge is 0.349 e. The molecule has 0 radical (unpaired) electrons. The minimum atomic E-state index is -0.167. The zero-order chi connectivity index (χ0) is 14.3. The third-order valence-corrected chi connectivity index (χ3v) is 2.64. The first-order chi connectivity index (χ1) is 8.99. The van der Waals surface area contributed by atoms with Gasteiger partial charge in [0.25, 0.3) is 0 Å². The van der Waals surface area contributed by atoms with Crippen LogP contribution < -0.4 is 10.6 Å². The number of nitrogens with one attached hydrogen (secondary N) is 2. The summed E-state index contributed by atoms with van der Waals surface area (Å²) in [7, 11) is 3.41. The monoisotopic (exact) mass is 283 g/mol.